The summed E-state index contributed by atoms with van der Waals surface area (Å²) in [5.74, 6) is 0.774. The minimum absolute atomic E-state index is 0.135. The van der Waals surface area contributed by atoms with Gasteiger partial charge in [-0.25, -0.2) is 0 Å². The van der Waals surface area contributed by atoms with Crippen LogP contribution in [0.5, 0.6) is 11.5 Å². The number of rotatable bonds is 10. The van der Waals surface area contributed by atoms with Gasteiger partial charge in [-0.3, -0.25) is 19.3 Å². The largest absolute Gasteiger partial charge is 0.457 e. The minimum Gasteiger partial charge on any atom is -0.457 e. The van der Waals surface area contributed by atoms with Crippen LogP contribution in [-0.2, 0) is 16.1 Å². The number of aliphatic hydroxyl groups is 1. The van der Waals surface area contributed by atoms with Crippen molar-refractivity contribution in [1.82, 2.24) is 20.4 Å². The summed E-state index contributed by atoms with van der Waals surface area (Å²) in [6.45, 7) is 8.43. The highest BCUT2D eigenvalue weighted by Crippen LogP contribution is 2.35. The van der Waals surface area contributed by atoms with Gasteiger partial charge in [-0.1, -0.05) is 39.3 Å². The molecule has 9 heteroatoms. The van der Waals surface area contributed by atoms with Gasteiger partial charge in [0.2, 0.25) is 11.8 Å². The molecule has 40 heavy (non-hydrogen) atoms. The lowest BCUT2D eigenvalue weighted by Crippen LogP contribution is -2.74. The summed E-state index contributed by atoms with van der Waals surface area (Å²) >= 11 is 0. The lowest BCUT2D eigenvalue weighted by Gasteiger charge is -2.52. The van der Waals surface area contributed by atoms with E-state index in [9.17, 15) is 19.5 Å². The van der Waals surface area contributed by atoms with E-state index in [0.29, 0.717) is 49.5 Å². The van der Waals surface area contributed by atoms with Crippen LogP contribution in [0.2, 0.25) is 0 Å². The number of carbonyl (C=O) groups is 3. The van der Waals surface area contributed by atoms with Crippen molar-refractivity contribution in [3.05, 3.63) is 59.7 Å². The summed E-state index contributed by atoms with van der Waals surface area (Å²) in [5, 5.41) is 16.1. The predicted octanol–water partition coefficient (Wildman–Crippen LogP) is 3.32. The van der Waals surface area contributed by atoms with Gasteiger partial charge >= 0.3 is 0 Å². The number of aliphatic hydroxyl groups excluding tert-OH is 1. The number of benzene rings is 2. The van der Waals surface area contributed by atoms with Crippen LogP contribution in [0.25, 0.3) is 0 Å². The first-order chi connectivity index (χ1) is 19.2. The number of ether oxygens (including phenoxy) is 1. The van der Waals surface area contributed by atoms with Crippen molar-refractivity contribution < 1.29 is 24.2 Å². The smallest absolute Gasteiger partial charge is 0.251 e. The molecular formula is C31H42N4O5. The zero-order chi connectivity index (χ0) is 28.9. The second kappa shape index (κ2) is 12.8. The standard InChI is InChI=1S/C31H42N4O5/c1-5-6-17-35-29(38)26(27(36)21(2)3)33-30(39)31(35)15-18-34(19-16-31)20-22-7-11-24(12-8-22)40-25-13-9-23(10-14-25)28(37)32-4/h7-14,21,26-27,36H,5-6,15-20H2,1-4H3,(H,32,37)(H,33,39). The van der Waals surface area contributed by atoms with E-state index in [0.717, 1.165) is 24.9 Å². The highest BCUT2D eigenvalue weighted by molar-refractivity contribution is 6.00. The number of unbranched alkanes of at least 4 members (excludes halogenated alkanes) is 1. The van der Waals surface area contributed by atoms with E-state index < -0.39 is 17.7 Å². The number of amides is 3. The number of likely N-dealkylation sites (tertiary alicyclic amines) is 1. The topological polar surface area (TPSA) is 111 Å². The monoisotopic (exact) mass is 550 g/mol. The van der Waals surface area contributed by atoms with E-state index in [2.05, 4.69) is 22.5 Å². The van der Waals surface area contributed by atoms with Gasteiger partial charge in [0.1, 0.15) is 23.1 Å². The third-order valence-corrected chi connectivity index (χ3v) is 8.11. The van der Waals surface area contributed by atoms with Crippen LogP contribution in [0.15, 0.2) is 48.5 Å². The quantitative estimate of drug-likeness (QED) is 0.419. The van der Waals surface area contributed by atoms with Gasteiger partial charge in [-0.15, -0.1) is 0 Å². The van der Waals surface area contributed by atoms with Gasteiger partial charge in [0.25, 0.3) is 5.91 Å². The van der Waals surface area contributed by atoms with Crippen molar-refractivity contribution in [3.8, 4) is 11.5 Å². The molecule has 0 aromatic heterocycles. The number of piperidine rings is 1. The van der Waals surface area contributed by atoms with Crippen LogP contribution in [0.3, 0.4) is 0 Å². The van der Waals surface area contributed by atoms with Gasteiger partial charge in [0.05, 0.1) is 6.10 Å². The highest BCUT2D eigenvalue weighted by atomic mass is 16.5. The van der Waals surface area contributed by atoms with E-state index in [-0.39, 0.29) is 23.6 Å². The third kappa shape index (κ3) is 6.31. The maximum absolute atomic E-state index is 13.5. The van der Waals surface area contributed by atoms with E-state index in [1.54, 1.807) is 36.2 Å². The average Bonchev–Trinajstić information content (AvgIpc) is 2.96. The molecule has 0 saturated carbocycles. The molecule has 2 aliphatic rings. The number of piperazine rings is 1. The van der Waals surface area contributed by atoms with E-state index >= 15 is 0 Å². The van der Waals surface area contributed by atoms with Gasteiger partial charge in [-0.2, -0.15) is 0 Å². The third-order valence-electron chi connectivity index (χ3n) is 8.11. The van der Waals surface area contributed by atoms with Gasteiger partial charge in [-0.05, 0) is 67.1 Å². The van der Waals surface area contributed by atoms with Crippen molar-refractivity contribution in [2.45, 2.75) is 70.7 Å². The van der Waals surface area contributed by atoms with Crippen LogP contribution in [-0.4, -0.2) is 77.0 Å². The second-order valence-electron chi connectivity index (χ2n) is 11.2. The van der Waals surface area contributed by atoms with E-state index in [1.807, 2.05) is 38.1 Å². The van der Waals surface area contributed by atoms with Crippen molar-refractivity contribution >= 4 is 17.7 Å². The first-order valence-electron chi connectivity index (χ1n) is 14.3. The number of nitrogens with zero attached hydrogens (tertiary/aromatic N) is 2. The Hall–Kier alpha value is -3.43. The molecule has 2 saturated heterocycles. The molecule has 2 heterocycles. The number of hydrogen-bond donors (Lipinski definition) is 3. The van der Waals surface area contributed by atoms with E-state index in [1.165, 1.54) is 0 Å². The van der Waals surface area contributed by atoms with E-state index in [4.69, 9.17) is 4.74 Å². The molecular weight excluding hydrogens is 508 g/mol. The van der Waals surface area contributed by atoms with Gasteiger partial charge in [0, 0.05) is 38.8 Å². The summed E-state index contributed by atoms with van der Waals surface area (Å²) in [6, 6.07) is 14.0. The first-order valence-corrected chi connectivity index (χ1v) is 14.3. The van der Waals surface area contributed by atoms with Crippen molar-refractivity contribution in [3.63, 3.8) is 0 Å². The fraction of sp³-hybridized carbons (Fsp3) is 0.516. The molecule has 216 valence electrons. The molecule has 0 radical (unpaired) electrons. The molecule has 4 rings (SSSR count). The SMILES string of the molecule is CCCCN1C(=O)C(C(O)C(C)C)NC(=O)C12CCN(Cc1ccc(Oc3ccc(C(=O)NC)cc3)cc1)CC2. The molecule has 0 aliphatic carbocycles. The Balaban J connectivity index is 1.37. The fourth-order valence-electron chi connectivity index (χ4n) is 5.55. The van der Waals surface area contributed by atoms with Crippen molar-refractivity contribution in [1.29, 1.82) is 0 Å². The van der Waals surface area contributed by atoms with Crippen LogP contribution in [0.1, 0.15) is 62.4 Å². The normalized spacial score (nSPS) is 19.9. The second-order valence-corrected chi connectivity index (χ2v) is 11.2. The lowest BCUT2D eigenvalue weighted by atomic mass is 9.80. The molecule has 2 aliphatic heterocycles. The summed E-state index contributed by atoms with van der Waals surface area (Å²) < 4.78 is 5.93. The number of nitrogens with one attached hydrogen (secondary N) is 2. The molecule has 3 N–H and O–H groups in total. The lowest BCUT2D eigenvalue weighted by molar-refractivity contribution is -0.165. The van der Waals surface area contributed by atoms with Crippen LogP contribution < -0.4 is 15.4 Å². The van der Waals surface area contributed by atoms with Crippen molar-refractivity contribution in [2.75, 3.05) is 26.7 Å². The summed E-state index contributed by atoms with van der Waals surface area (Å²) in [4.78, 5) is 42.8. The maximum Gasteiger partial charge on any atom is 0.251 e. The molecule has 0 bridgehead atoms. The Bertz CT molecular complexity index is 1170. The number of hydrogen-bond acceptors (Lipinski definition) is 6. The Kier molecular flexibility index (Phi) is 9.48. The molecule has 9 nitrogen and oxygen atoms in total. The Morgan fingerprint density at radius 3 is 2.23 bits per heavy atom. The highest BCUT2D eigenvalue weighted by Gasteiger charge is 2.54. The fourth-order valence-corrected chi connectivity index (χ4v) is 5.55. The van der Waals surface area contributed by atoms with Gasteiger partial charge < -0.3 is 25.4 Å². The van der Waals surface area contributed by atoms with Crippen LogP contribution in [0.4, 0.5) is 0 Å². The number of carbonyl (C=O) groups excluding carboxylic acids is 3. The first kappa shape index (κ1) is 29.6. The molecule has 3 amide bonds. The molecule has 2 atom stereocenters. The molecule has 2 aromatic carbocycles. The molecule has 2 aromatic rings. The zero-order valence-electron chi connectivity index (χ0n) is 24.0. The van der Waals surface area contributed by atoms with Crippen LogP contribution >= 0.6 is 0 Å². The summed E-state index contributed by atoms with van der Waals surface area (Å²) in [6.07, 6.45) is 1.96. The Morgan fingerprint density at radius 1 is 1.07 bits per heavy atom. The average molecular weight is 551 g/mol. The molecule has 1 spiro atoms. The van der Waals surface area contributed by atoms with Crippen molar-refractivity contribution in [2.24, 2.45) is 5.92 Å². The molecule has 2 unspecified atom stereocenters. The predicted molar refractivity (Wildman–Crippen MR) is 153 cm³/mol. The zero-order valence-corrected chi connectivity index (χ0v) is 24.0. The molecule has 2 fully saturated rings. The summed E-state index contributed by atoms with van der Waals surface area (Å²) in [7, 11) is 1.60. The maximum atomic E-state index is 13.5. The Labute approximate surface area is 236 Å². The van der Waals surface area contributed by atoms with Crippen LogP contribution in [0, 0.1) is 5.92 Å². The minimum atomic E-state index is -0.910. The summed E-state index contributed by atoms with van der Waals surface area (Å²) in [5.41, 5.74) is 0.844. The Morgan fingerprint density at radius 2 is 1.68 bits per heavy atom. The van der Waals surface area contributed by atoms with Gasteiger partial charge in [0.15, 0.2) is 0 Å².